The van der Waals surface area contributed by atoms with Gasteiger partial charge in [0.25, 0.3) is 0 Å². The summed E-state index contributed by atoms with van der Waals surface area (Å²) in [6.45, 7) is 16.9. The van der Waals surface area contributed by atoms with Gasteiger partial charge >= 0.3 is 20.2 Å². The highest BCUT2D eigenvalue weighted by Crippen LogP contribution is 2.45. The number of hydrogen-bond acceptors (Lipinski definition) is 23. The number of nitriles is 1. The van der Waals surface area contributed by atoms with Crippen molar-refractivity contribution in [2.24, 2.45) is 20.5 Å². The predicted molar refractivity (Wildman–Crippen MR) is 253 cm³/mol. The molecule has 0 aliphatic rings. The number of anilines is 7. The van der Waals surface area contributed by atoms with Crippen molar-refractivity contribution < 1.29 is 45.6 Å². The molecule has 67 heavy (non-hydrogen) atoms. The van der Waals surface area contributed by atoms with E-state index in [1.54, 1.807) is 24.3 Å². The highest BCUT2D eigenvalue weighted by Gasteiger charge is 2.23. The Bertz CT molecular complexity index is 2750. The third kappa shape index (κ3) is 12.4. The lowest BCUT2D eigenvalue weighted by atomic mass is 10.2. The van der Waals surface area contributed by atoms with Crippen LogP contribution < -0.4 is 34.8 Å². The van der Waals surface area contributed by atoms with Gasteiger partial charge in [0.1, 0.15) is 42.4 Å². The van der Waals surface area contributed by atoms with E-state index >= 15 is 0 Å². The molecule has 3 aromatic heterocycles. The highest BCUT2D eigenvalue weighted by atomic mass is 32.3. The van der Waals surface area contributed by atoms with Gasteiger partial charge in [-0.05, 0) is 52.0 Å². The fraction of sp³-hybridized carbons (Fsp3) is 0.359. The summed E-state index contributed by atoms with van der Waals surface area (Å²) in [7, 11) is -6.37. The van der Waals surface area contributed by atoms with Crippen LogP contribution in [0.3, 0.4) is 0 Å². The van der Waals surface area contributed by atoms with Gasteiger partial charge in [0.15, 0.2) is 5.00 Å². The molecule has 0 radical (unpaired) electrons. The smallest absolute Gasteiger partial charge is 0.304 e. The number of nitrogens with zero attached hydrogens (tertiary/aromatic N) is 12. The number of aliphatic hydroxyl groups is 2. The lowest BCUT2D eigenvalue weighted by Crippen LogP contribution is -2.31. The summed E-state index contributed by atoms with van der Waals surface area (Å²) in [6, 6.07) is 10.4. The zero-order chi connectivity index (χ0) is 49.1. The van der Waals surface area contributed by atoms with Gasteiger partial charge in [-0.25, -0.2) is 4.85 Å². The lowest BCUT2D eigenvalue weighted by molar-refractivity contribution is 0.280. The first-order chi connectivity index (χ1) is 32.0. The van der Waals surface area contributed by atoms with E-state index in [-0.39, 0.29) is 88.2 Å². The van der Waals surface area contributed by atoms with Crippen molar-refractivity contribution in [1.82, 2.24) is 15.0 Å². The van der Waals surface area contributed by atoms with Crippen LogP contribution in [-0.4, -0.2) is 118 Å². The molecule has 0 atom stereocenters. The summed E-state index contributed by atoms with van der Waals surface area (Å²) in [5, 5.41) is 53.0. The van der Waals surface area contributed by atoms with Crippen LogP contribution >= 0.6 is 22.7 Å². The standard InChI is InChI=1S/C39H46N14O10S4/c1-8-51(9-2)29-17-24(26(19-31(29)62-6)47-49-35-23(22-40)16-33(64-35)66(56,57)58)42-37-44-38(46-39(45-37)53(12-14-54)13-15-55)43-25-18-30(52(10-3)11-4)32(63-7)20-27(25)48-50-36-28(41-5)21-34(65-36)67(59,60)61/h16-21,54-55H,8-15H2,1-4,6-7H3,(H,56,57,58)(H,59,60,61)(H2,42,43,44,45,46). The zero-order valence-electron chi connectivity index (χ0n) is 36.9. The predicted octanol–water partition coefficient (Wildman–Crippen LogP) is 7.73. The maximum absolute atomic E-state index is 11.9. The van der Waals surface area contributed by atoms with Crippen molar-refractivity contribution in [1.29, 1.82) is 5.26 Å². The molecular formula is C39H46N14O10S4. The van der Waals surface area contributed by atoms with Gasteiger partial charge in [-0.2, -0.15) is 42.2 Å². The van der Waals surface area contributed by atoms with Crippen LogP contribution in [0.15, 0.2) is 65.3 Å². The number of aliphatic hydroxyl groups excluding tert-OH is 2. The minimum Gasteiger partial charge on any atom is -0.494 e. The molecule has 0 fully saturated rings. The number of thiophene rings is 2. The number of rotatable bonds is 23. The molecule has 0 bridgehead atoms. The van der Waals surface area contributed by atoms with Gasteiger partial charge in [-0.1, -0.05) is 11.3 Å². The molecule has 5 rings (SSSR count). The number of benzene rings is 2. The molecule has 0 saturated heterocycles. The Morgan fingerprint density at radius 3 is 1.55 bits per heavy atom. The Labute approximate surface area is 394 Å². The second kappa shape index (κ2) is 22.7. The van der Waals surface area contributed by atoms with Crippen LogP contribution in [0.1, 0.15) is 33.3 Å². The summed E-state index contributed by atoms with van der Waals surface area (Å²) < 4.78 is 77.4. The molecule has 0 aliphatic heterocycles. The van der Waals surface area contributed by atoms with Crippen LogP contribution in [-0.2, 0) is 20.2 Å². The number of nitrogens with one attached hydrogen (secondary N) is 2. The number of ether oxygens (including phenoxy) is 2. The molecular weight excluding hydrogens is 953 g/mol. The van der Waals surface area contributed by atoms with Crippen molar-refractivity contribution in [2.45, 2.75) is 36.1 Å². The minimum atomic E-state index is -4.66. The van der Waals surface area contributed by atoms with E-state index < -0.39 is 28.7 Å². The average molecular weight is 999 g/mol. The molecule has 356 valence electrons. The molecule has 24 nitrogen and oxygen atoms in total. The number of azo groups is 2. The second-order valence-corrected chi connectivity index (χ2v) is 18.9. The van der Waals surface area contributed by atoms with E-state index in [9.17, 15) is 41.4 Å². The molecule has 6 N–H and O–H groups in total. The van der Waals surface area contributed by atoms with Crippen LogP contribution in [0, 0.1) is 17.9 Å². The topological polar surface area (TPSA) is 318 Å². The van der Waals surface area contributed by atoms with Gasteiger partial charge in [0, 0.05) is 51.4 Å². The maximum Gasteiger partial charge on any atom is 0.304 e. The maximum atomic E-state index is 11.9. The van der Waals surface area contributed by atoms with Crippen molar-refractivity contribution in [3.05, 3.63) is 53.4 Å². The molecule has 5 aromatic rings. The minimum absolute atomic E-state index is 0.00238. The Morgan fingerprint density at radius 1 is 0.701 bits per heavy atom. The monoisotopic (exact) mass is 998 g/mol. The first-order valence-corrected chi connectivity index (χ1v) is 24.5. The van der Waals surface area contributed by atoms with Gasteiger partial charge < -0.3 is 45.0 Å². The van der Waals surface area contributed by atoms with Crippen LogP contribution in [0.4, 0.5) is 67.7 Å². The first kappa shape index (κ1) is 51.4. The molecule has 2 aromatic carbocycles. The molecule has 3 heterocycles. The Kier molecular flexibility index (Phi) is 17.4. The number of hydrogen-bond donors (Lipinski definition) is 6. The summed E-state index contributed by atoms with van der Waals surface area (Å²) in [4.78, 5) is 22.8. The normalized spacial score (nSPS) is 11.7. The Balaban J connectivity index is 1.73. The second-order valence-electron chi connectivity index (χ2n) is 13.5. The van der Waals surface area contributed by atoms with Crippen LogP contribution in [0.2, 0.25) is 0 Å². The van der Waals surface area contributed by atoms with Gasteiger partial charge in [0.05, 0.1) is 62.3 Å². The summed E-state index contributed by atoms with van der Waals surface area (Å²) in [5.74, 6) is 0.578. The Morgan fingerprint density at radius 2 is 1.15 bits per heavy atom. The molecule has 0 spiro atoms. The Hall–Kier alpha value is -6.63. The third-order valence-electron chi connectivity index (χ3n) is 9.55. The van der Waals surface area contributed by atoms with Crippen molar-refractivity contribution >= 4 is 111 Å². The third-order valence-corrected chi connectivity index (χ3v) is 14.2. The van der Waals surface area contributed by atoms with E-state index in [0.29, 0.717) is 71.7 Å². The fourth-order valence-electron chi connectivity index (χ4n) is 6.31. The van der Waals surface area contributed by atoms with Crippen molar-refractivity contribution in [3.63, 3.8) is 0 Å². The van der Waals surface area contributed by atoms with Crippen molar-refractivity contribution in [3.8, 4) is 17.6 Å². The molecule has 0 unspecified atom stereocenters. The lowest BCUT2D eigenvalue weighted by Gasteiger charge is -2.25. The SMILES string of the molecule is [C-]#[N+]c1cc(S(=O)(=O)O)sc1N=Nc1cc(OC)c(N(CC)CC)cc1Nc1nc(Nc2cc(N(CC)CC)c(OC)cc2N=Nc2sc(S(=O)(=O)O)cc2C#N)nc(N(CCO)CCO)n1. The highest BCUT2D eigenvalue weighted by molar-refractivity contribution is 7.88. The van der Waals surface area contributed by atoms with Crippen LogP contribution in [0.25, 0.3) is 4.85 Å². The molecule has 28 heteroatoms. The van der Waals surface area contributed by atoms with E-state index in [1.807, 2.05) is 43.6 Å². The average Bonchev–Trinajstić information content (AvgIpc) is 3.94. The van der Waals surface area contributed by atoms with Gasteiger partial charge in [0.2, 0.25) is 23.5 Å². The van der Waals surface area contributed by atoms with E-state index in [1.165, 1.54) is 19.1 Å². The number of methoxy groups -OCH3 is 2. The first-order valence-electron chi connectivity index (χ1n) is 20.0. The summed E-state index contributed by atoms with van der Waals surface area (Å²) >= 11 is 1.08. The molecule has 0 amide bonds. The number of aromatic nitrogens is 3. The van der Waals surface area contributed by atoms with E-state index in [0.717, 1.165) is 12.1 Å². The summed E-state index contributed by atoms with van der Waals surface area (Å²) in [5.41, 5.74) is 1.66. The molecule has 0 aliphatic carbocycles. The molecule has 0 saturated carbocycles. The quantitative estimate of drug-likeness (QED) is 0.0207. The van der Waals surface area contributed by atoms with Gasteiger partial charge in [-0.15, -0.1) is 26.7 Å². The fourth-order valence-corrected chi connectivity index (χ4v) is 9.47. The largest absolute Gasteiger partial charge is 0.494 e. The van der Waals surface area contributed by atoms with E-state index in [4.69, 9.17) is 16.0 Å². The van der Waals surface area contributed by atoms with Crippen LogP contribution in [0.5, 0.6) is 11.5 Å². The zero-order valence-corrected chi connectivity index (χ0v) is 40.1. The van der Waals surface area contributed by atoms with E-state index in [2.05, 4.69) is 50.9 Å². The van der Waals surface area contributed by atoms with Gasteiger partial charge in [-0.3, -0.25) is 9.11 Å². The van der Waals surface area contributed by atoms with Crippen molar-refractivity contribution in [2.75, 3.05) is 92.0 Å². The summed E-state index contributed by atoms with van der Waals surface area (Å²) in [6.07, 6.45) is 0.